The second-order valence-electron chi connectivity index (χ2n) is 7.12. The minimum absolute atomic E-state index is 0.121. The molecular formula is C21H17F3N2O3. The third-order valence-corrected chi connectivity index (χ3v) is 5.17. The third kappa shape index (κ3) is 2.91. The monoisotopic (exact) mass is 402 g/mol. The lowest BCUT2D eigenvalue weighted by atomic mass is 9.88. The number of hydrogen-bond acceptors (Lipinski definition) is 3. The van der Waals surface area contributed by atoms with E-state index < -0.39 is 17.7 Å². The number of carboxylic acids is 1. The number of nitrogens with zero attached hydrogens (tertiary/aromatic N) is 2. The van der Waals surface area contributed by atoms with E-state index in [4.69, 9.17) is 5.11 Å². The first kappa shape index (κ1) is 19.2. The van der Waals surface area contributed by atoms with Gasteiger partial charge in [-0.05, 0) is 23.6 Å². The van der Waals surface area contributed by atoms with Crippen molar-refractivity contribution >= 4 is 5.97 Å². The van der Waals surface area contributed by atoms with E-state index in [0.717, 1.165) is 0 Å². The lowest BCUT2D eigenvalue weighted by Crippen LogP contribution is -2.41. The zero-order valence-corrected chi connectivity index (χ0v) is 15.4. The van der Waals surface area contributed by atoms with Crippen LogP contribution >= 0.6 is 0 Å². The van der Waals surface area contributed by atoms with Crippen LogP contribution in [0, 0.1) is 6.92 Å². The number of alkyl halides is 3. The van der Waals surface area contributed by atoms with E-state index >= 15 is 0 Å². The number of aromatic nitrogens is 2. The Morgan fingerprint density at radius 2 is 1.90 bits per heavy atom. The van der Waals surface area contributed by atoms with Crippen LogP contribution in [-0.4, -0.2) is 32.1 Å². The van der Waals surface area contributed by atoms with Crippen LogP contribution in [0.15, 0.2) is 48.8 Å². The number of carbonyl (C=O) groups is 1. The minimum Gasteiger partial charge on any atom is -0.481 e. The summed E-state index contributed by atoms with van der Waals surface area (Å²) in [5.74, 6) is -0.970. The van der Waals surface area contributed by atoms with Gasteiger partial charge in [-0.2, -0.15) is 18.3 Å². The summed E-state index contributed by atoms with van der Waals surface area (Å²) in [5, 5.41) is 23.8. The molecule has 8 heteroatoms. The molecule has 1 heterocycles. The van der Waals surface area contributed by atoms with E-state index in [1.807, 2.05) is 0 Å². The topological polar surface area (TPSA) is 75.4 Å². The first-order chi connectivity index (χ1) is 13.6. The van der Waals surface area contributed by atoms with Gasteiger partial charge >= 0.3 is 12.1 Å². The molecule has 3 aromatic rings. The highest BCUT2D eigenvalue weighted by atomic mass is 19.4. The Labute approximate surface area is 164 Å². The fourth-order valence-electron chi connectivity index (χ4n) is 3.89. The number of rotatable bonds is 4. The van der Waals surface area contributed by atoms with Gasteiger partial charge in [-0.3, -0.25) is 9.48 Å². The summed E-state index contributed by atoms with van der Waals surface area (Å²) in [6.45, 7) is 1.81. The first-order valence-corrected chi connectivity index (χ1v) is 8.91. The molecule has 29 heavy (non-hydrogen) atoms. The van der Waals surface area contributed by atoms with Gasteiger partial charge in [0.2, 0.25) is 5.60 Å². The predicted octanol–water partition coefficient (Wildman–Crippen LogP) is 4.11. The third-order valence-electron chi connectivity index (χ3n) is 5.17. The molecule has 5 nitrogen and oxygen atoms in total. The van der Waals surface area contributed by atoms with E-state index in [1.54, 1.807) is 31.3 Å². The van der Waals surface area contributed by atoms with Crippen molar-refractivity contribution in [3.8, 4) is 22.3 Å². The minimum atomic E-state index is -4.90. The van der Waals surface area contributed by atoms with Crippen molar-refractivity contribution in [3.63, 3.8) is 0 Å². The summed E-state index contributed by atoms with van der Waals surface area (Å²) in [6, 6.07) is 9.06. The summed E-state index contributed by atoms with van der Waals surface area (Å²) in [5.41, 5.74) is -1.26. The highest BCUT2D eigenvalue weighted by Gasteiger charge is 2.61. The molecular weight excluding hydrogens is 385 g/mol. The predicted molar refractivity (Wildman–Crippen MR) is 99.1 cm³/mol. The number of fused-ring (bicyclic) bond motifs is 3. The number of hydrogen-bond donors (Lipinski definition) is 2. The fourth-order valence-corrected chi connectivity index (χ4v) is 3.89. The highest BCUT2D eigenvalue weighted by Crippen LogP contribution is 2.57. The second kappa shape index (κ2) is 6.45. The average Bonchev–Trinajstić information content (AvgIpc) is 3.22. The lowest BCUT2D eigenvalue weighted by Gasteiger charge is -2.28. The molecule has 1 aliphatic carbocycles. The van der Waals surface area contributed by atoms with Crippen molar-refractivity contribution in [2.24, 2.45) is 0 Å². The number of aryl methyl sites for hydroxylation is 2. The van der Waals surface area contributed by atoms with Crippen LogP contribution in [0.25, 0.3) is 22.3 Å². The number of aliphatic carboxylic acids is 1. The van der Waals surface area contributed by atoms with Crippen molar-refractivity contribution in [2.75, 3.05) is 0 Å². The van der Waals surface area contributed by atoms with Crippen molar-refractivity contribution in [2.45, 2.75) is 31.7 Å². The van der Waals surface area contributed by atoms with Gasteiger partial charge in [-0.15, -0.1) is 0 Å². The molecule has 1 unspecified atom stereocenters. The van der Waals surface area contributed by atoms with Crippen LogP contribution in [0.3, 0.4) is 0 Å². The van der Waals surface area contributed by atoms with Crippen molar-refractivity contribution < 1.29 is 28.2 Å². The molecule has 150 valence electrons. The zero-order valence-electron chi connectivity index (χ0n) is 15.4. The number of carboxylic acid groups (broad SMARTS) is 1. The van der Waals surface area contributed by atoms with Crippen molar-refractivity contribution in [1.82, 2.24) is 9.78 Å². The van der Waals surface area contributed by atoms with E-state index in [1.165, 1.54) is 29.1 Å². The molecule has 4 rings (SSSR count). The van der Waals surface area contributed by atoms with E-state index in [9.17, 15) is 23.1 Å². The molecule has 0 fully saturated rings. The van der Waals surface area contributed by atoms with Crippen LogP contribution < -0.4 is 0 Å². The second-order valence-corrected chi connectivity index (χ2v) is 7.12. The largest absolute Gasteiger partial charge is 0.481 e. The van der Waals surface area contributed by atoms with Crippen LogP contribution in [-0.2, 0) is 16.9 Å². The summed E-state index contributed by atoms with van der Waals surface area (Å²) >= 11 is 0. The smallest absolute Gasteiger partial charge is 0.425 e. The van der Waals surface area contributed by atoms with Gasteiger partial charge in [0, 0.05) is 22.9 Å². The summed E-state index contributed by atoms with van der Waals surface area (Å²) < 4.78 is 43.5. The maximum atomic E-state index is 14.0. The molecule has 0 aliphatic heterocycles. The number of benzene rings is 2. The molecule has 0 saturated heterocycles. The van der Waals surface area contributed by atoms with Gasteiger partial charge < -0.3 is 10.2 Å². The molecule has 0 bridgehead atoms. The normalized spacial score (nSPS) is 17.8. The standard InChI is InChI=1S/C21H17F3N2O3/c1-12-8-15(13-10-25-26(11-13)7-6-18(27)28)19-14-4-2-3-5-16(14)20(29,17(19)9-12)21(22,23)24/h2-5,8-11,29H,6-7H2,1H3,(H,27,28). The Balaban J connectivity index is 1.94. The molecule has 0 radical (unpaired) electrons. The van der Waals surface area contributed by atoms with E-state index in [2.05, 4.69) is 5.10 Å². The summed E-state index contributed by atoms with van der Waals surface area (Å²) in [7, 11) is 0. The maximum absolute atomic E-state index is 14.0. The molecule has 0 amide bonds. The van der Waals surface area contributed by atoms with Gasteiger partial charge in [0.25, 0.3) is 0 Å². The van der Waals surface area contributed by atoms with Crippen LogP contribution in [0.1, 0.15) is 23.1 Å². The number of halogens is 3. The average molecular weight is 402 g/mol. The molecule has 1 atom stereocenters. The molecule has 1 aromatic heterocycles. The Morgan fingerprint density at radius 1 is 1.17 bits per heavy atom. The van der Waals surface area contributed by atoms with Gasteiger partial charge in [0.1, 0.15) is 0 Å². The van der Waals surface area contributed by atoms with Gasteiger partial charge in [-0.1, -0.05) is 42.0 Å². The molecule has 1 aliphatic rings. The SMILES string of the molecule is Cc1cc(-c2cnn(CCC(=O)O)c2)c2c(c1)C(O)(C(F)(F)F)c1ccccc1-2. The molecule has 0 saturated carbocycles. The molecule has 2 aromatic carbocycles. The highest BCUT2D eigenvalue weighted by molar-refractivity contribution is 5.92. The quantitative estimate of drug-likeness (QED) is 0.689. The lowest BCUT2D eigenvalue weighted by molar-refractivity contribution is -0.246. The maximum Gasteiger partial charge on any atom is 0.425 e. The van der Waals surface area contributed by atoms with Crippen LogP contribution in [0.4, 0.5) is 13.2 Å². The Bertz CT molecular complexity index is 1120. The van der Waals surface area contributed by atoms with Gasteiger partial charge in [0.15, 0.2) is 0 Å². The first-order valence-electron chi connectivity index (χ1n) is 8.91. The Kier molecular flexibility index (Phi) is 4.27. The van der Waals surface area contributed by atoms with E-state index in [-0.39, 0.29) is 24.1 Å². The molecule has 0 spiro atoms. The molecule has 2 N–H and O–H groups in total. The summed E-state index contributed by atoms with van der Waals surface area (Å²) in [4.78, 5) is 10.8. The summed E-state index contributed by atoms with van der Waals surface area (Å²) in [6.07, 6.45) is -1.93. The van der Waals surface area contributed by atoms with Crippen molar-refractivity contribution in [1.29, 1.82) is 0 Å². The van der Waals surface area contributed by atoms with Crippen LogP contribution in [0.2, 0.25) is 0 Å². The Morgan fingerprint density at radius 3 is 2.59 bits per heavy atom. The van der Waals surface area contributed by atoms with Gasteiger partial charge in [-0.25, -0.2) is 0 Å². The zero-order chi connectivity index (χ0) is 21.0. The van der Waals surface area contributed by atoms with Gasteiger partial charge in [0.05, 0.1) is 19.2 Å². The van der Waals surface area contributed by atoms with Crippen LogP contribution in [0.5, 0.6) is 0 Å². The Hall–Kier alpha value is -3.13. The fraction of sp³-hybridized carbons (Fsp3) is 0.238. The number of aliphatic hydroxyl groups is 1. The van der Waals surface area contributed by atoms with E-state index in [0.29, 0.717) is 27.8 Å². The van der Waals surface area contributed by atoms with Crippen molar-refractivity contribution in [3.05, 3.63) is 65.5 Å².